The average molecular weight is 413 g/mol. The monoisotopic (exact) mass is 411 g/mol. The molecular formula is C13H19Br2NO2S. The van der Waals surface area contributed by atoms with Crippen LogP contribution in [0.5, 0.6) is 0 Å². The highest BCUT2D eigenvalue weighted by Gasteiger charge is 2.26. The Balaban J connectivity index is 3.28. The number of sulfonamides is 1. The van der Waals surface area contributed by atoms with Gasteiger partial charge in [0.2, 0.25) is 10.0 Å². The van der Waals surface area contributed by atoms with Crippen LogP contribution in [0.25, 0.3) is 0 Å². The van der Waals surface area contributed by atoms with Gasteiger partial charge in [-0.2, -0.15) is 4.31 Å². The zero-order valence-corrected chi connectivity index (χ0v) is 15.4. The SMILES string of the molecule is CCCN(CCC)S(=O)(=O)c1cc(Br)c(C)cc1Br. The van der Waals surface area contributed by atoms with Crippen LogP contribution in [0.2, 0.25) is 0 Å². The van der Waals surface area contributed by atoms with E-state index in [1.807, 2.05) is 26.8 Å². The minimum atomic E-state index is -3.44. The molecule has 19 heavy (non-hydrogen) atoms. The van der Waals surface area contributed by atoms with Gasteiger partial charge in [0.1, 0.15) is 0 Å². The van der Waals surface area contributed by atoms with Crippen molar-refractivity contribution in [3.05, 3.63) is 26.6 Å². The predicted octanol–water partition coefficient (Wildman–Crippen LogP) is 4.33. The third-order valence-electron chi connectivity index (χ3n) is 2.78. The van der Waals surface area contributed by atoms with Gasteiger partial charge in [0, 0.05) is 22.0 Å². The molecule has 1 aromatic carbocycles. The Morgan fingerprint density at radius 2 is 1.58 bits per heavy atom. The second-order valence-electron chi connectivity index (χ2n) is 4.44. The Labute approximate surface area is 132 Å². The molecule has 0 amide bonds. The second kappa shape index (κ2) is 7.20. The molecule has 0 spiro atoms. The molecule has 0 saturated heterocycles. The predicted molar refractivity (Wildman–Crippen MR) is 85.9 cm³/mol. The summed E-state index contributed by atoms with van der Waals surface area (Å²) in [6.07, 6.45) is 1.62. The fourth-order valence-electron chi connectivity index (χ4n) is 1.82. The van der Waals surface area contributed by atoms with Gasteiger partial charge in [0.25, 0.3) is 0 Å². The van der Waals surface area contributed by atoms with Gasteiger partial charge in [-0.15, -0.1) is 0 Å². The lowest BCUT2D eigenvalue weighted by atomic mass is 10.2. The van der Waals surface area contributed by atoms with Gasteiger partial charge in [0.05, 0.1) is 4.90 Å². The molecule has 1 rings (SSSR count). The maximum atomic E-state index is 12.7. The highest BCUT2D eigenvalue weighted by molar-refractivity contribution is 9.11. The van der Waals surface area contributed by atoms with Crippen molar-refractivity contribution in [3.8, 4) is 0 Å². The fraction of sp³-hybridized carbons (Fsp3) is 0.538. The van der Waals surface area contributed by atoms with Crippen LogP contribution in [-0.2, 0) is 10.0 Å². The molecular weight excluding hydrogens is 394 g/mol. The zero-order chi connectivity index (χ0) is 14.6. The van der Waals surface area contributed by atoms with Crippen molar-refractivity contribution >= 4 is 41.9 Å². The third kappa shape index (κ3) is 4.03. The number of hydrogen-bond donors (Lipinski definition) is 0. The van der Waals surface area contributed by atoms with Crippen molar-refractivity contribution in [2.75, 3.05) is 13.1 Å². The maximum absolute atomic E-state index is 12.7. The average Bonchev–Trinajstić information content (AvgIpc) is 2.33. The minimum Gasteiger partial charge on any atom is -0.207 e. The third-order valence-corrected chi connectivity index (χ3v) is 6.49. The molecule has 0 heterocycles. The summed E-state index contributed by atoms with van der Waals surface area (Å²) in [5.41, 5.74) is 1.00. The van der Waals surface area contributed by atoms with Gasteiger partial charge in [-0.1, -0.05) is 29.8 Å². The van der Waals surface area contributed by atoms with Crippen LogP contribution in [0.15, 0.2) is 26.0 Å². The van der Waals surface area contributed by atoms with Gasteiger partial charge in [0.15, 0.2) is 0 Å². The number of aryl methyl sites for hydroxylation is 1. The zero-order valence-electron chi connectivity index (χ0n) is 11.4. The molecule has 6 heteroatoms. The topological polar surface area (TPSA) is 37.4 Å². The molecule has 0 saturated carbocycles. The summed E-state index contributed by atoms with van der Waals surface area (Å²) in [5, 5.41) is 0. The van der Waals surface area contributed by atoms with Crippen LogP contribution in [-0.4, -0.2) is 25.8 Å². The molecule has 0 unspecified atom stereocenters. The molecule has 0 atom stereocenters. The molecule has 0 aliphatic carbocycles. The molecule has 0 fully saturated rings. The van der Waals surface area contributed by atoms with Gasteiger partial charge >= 0.3 is 0 Å². The first-order valence-corrected chi connectivity index (χ1v) is 9.33. The van der Waals surface area contributed by atoms with Gasteiger partial charge < -0.3 is 0 Å². The number of nitrogens with zero attached hydrogens (tertiary/aromatic N) is 1. The largest absolute Gasteiger partial charge is 0.244 e. The van der Waals surface area contributed by atoms with Crippen LogP contribution in [0, 0.1) is 6.92 Å². The minimum absolute atomic E-state index is 0.326. The van der Waals surface area contributed by atoms with Crippen molar-refractivity contribution in [2.24, 2.45) is 0 Å². The van der Waals surface area contributed by atoms with Crippen molar-refractivity contribution < 1.29 is 8.42 Å². The highest BCUT2D eigenvalue weighted by atomic mass is 79.9. The Bertz CT molecular complexity index is 538. The van der Waals surface area contributed by atoms with Crippen molar-refractivity contribution in [3.63, 3.8) is 0 Å². The lowest BCUT2D eigenvalue weighted by Crippen LogP contribution is -2.32. The molecule has 0 aliphatic heterocycles. The van der Waals surface area contributed by atoms with E-state index in [9.17, 15) is 8.42 Å². The van der Waals surface area contributed by atoms with Crippen molar-refractivity contribution in [2.45, 2.75) is 38.5 Å². The normalized spacial score (nSPS) is 12.1. The summed E-state index contributed by atoms with van der Waals surface area (Å²) in [7, 11) is -3.44. The van der Waals surface area contributed by atoms with E-state index in [-0.39, 0.29) is 0 Å². The first-order chi connectivity index (χ1) is 8.84. The van der Waals surface area contributed by atoms with Crippen LogP contribution in [0.4, 0.5) is 0 Å². The fourth-order valence-corrected chi connectivity index (χ4v) is 5.08. The molecule has 1 aromatic rings. The quantitative estimate of drug-likeness (QED) is 0.697. The standard InChI is InChI=1S/C13H19Br2NO2S/c1-4-6-16(7-5-2)19(17,18)13-9-11(14)10(3)8-12(13)15/h8-9H,4-7H2,1-3H3. The van der Waals surface area contributed by atoms with Crippen molar-refractivity contribution in [1.29, 1.82) is 0 Å². The summed E-state index contributed by atoms with van der Waals surface area (Å²) in [6.45, 7) is 7.00. The Hall–Kier alpha value is 0.0900. The lowest BCUT2D eigenvalue weighted by molar-refractivity contribution is 0.409. The van der Waals surface area contributed by atoms with E-state index in [1.54, 1.807) is 10.4 Å². The van der Waals surface area contributed by atoms with Gasteiger partial charge in [-0.3, -0.25) is 0 Å². The van der Waals surface area contributed by atoms with Gasteiger partial charge in [-0.05, 0) is 53.4 Å². The smallest absolute Gasteiger partial charge is 0.207 e. The Kier molecular flexibility index (Phi) is 6.50. The molecule has 0 radical (unpaired) electrons. The summed E-state index contributed by atoms with van der Waals surface area (Å²) in [6, 6.07) is 3.50. The van der Waals surface area contributed by atoms with E-state index in [0.29, 0.717) is 22.5 Å². The van der Waals surface area contributed by atoms with Gasteiger partial charge in [-0.25, -0.2) is 8.42 Å². The number of rotatable bonds is 6. The Morgan fingerprint density at radius 3 is 2.05 bits per heavy atom. The first kappa shape index (κ1) is 17.1. The Morgan fingerprint density at radius 1 is 1.05 bits per heavy atom. The molecule has 0 aromatic heterocycles. The van der Waals surface area contributed by atoms with E-state index in [4.69, 9.17) is 0 Å². The van der Waals surface area contributed by atoms with Crippen LogP contribution in [0.3, 0.4) is 0 Å². The summed E-state index contributed by atoms with van der Waals surface area (Å²) in [4.78, 5) is 0.326. The molecule has 3 nitrogen and oxygen atoms in total. The van der Waals surface area contributed by atoms with E-state index in [2.05, 4.69) is 31.9 Å². The number of hydrogen-bond acceptors (Lipinski definition) is 2. The molecule has 0 N–H and O–H groups in total. The lowest BCUT2D eigenvalue weighted by Gasteiger charge is -2.22. The first-order valence-electron chi connectivity index (χ1n) is 6.30. The van der Waals surface area contributed by atoms with E-state index < -0.39 is 10.0 Å². The van der Waals surface area contributed by atoms with Crippen LogP contribution < -0.4 is 0 Å². The summed E-state index contributed by atoms with van der Waals surface area (Å²) < 4.78 is 28.3. The van der Waals surface area contributed by atoms with Crippen LogP contribution in [0.1, 0.15) is 32.3 Å². The summed E-state index contributed by atoms with van der Waals surface area (Å²) >= 11 is 6.76. The molecule has 0 aliphatic rings. The summed E-state index contributed by atoms with van der Waals surface area (Å²) in [5.74, 6) is 0. The van der Waals surface area contributed by atoms with Crippen LogP contribution >= 0.6 is 31.9 Å². The number of halogens is 2. The van der Waals surface area contributed by atoms with Crippen molar-refractivity contribution in [1.82, 2.24) is 4.31 Å². The number of benzene rings is 1. The maximum Gasteiger partial charge on any atom is 0.244 e. The molecule has 0 bridgehead atoms. The molecule has 108 valence electrons. The van der Waals surface area contributed by atoms with E-state index in [0.717, 1.165) is 22.9 Å². The van der Waals surface area contributed by atoms with E-state index >= 15 is 0 Å². The highest BCUT2D eigenvalue weighted by Crippen LogP contribution is 2.30. The second-order valence-corrected chi connectivity index (χ2v) is 8.05. The van der Waals surface area contributed by atoms with E-state index in [1.165, 1.54) is 0 Å².